The van der Waals surface area contributed by atoms with Crippen LogP contribution < -0.4 is 10.9 Å². The summed E-state index contributed by atoms with van der Waals surface area (Å²) in [5.74, 6) is -0.852. The molecule has 0 spiro atoms. The number of nitrogens with zero attached hydrogens (tertiary/aromatic N) is 2. The van der Waals surface area contributed by atoms with Gasteiger partial charge in [-0.1, -0.05) is 0 Å². The number of carbonyl (C=O) groups is 1. The SMILES string of the molecule is Cc1ncsc1C(=O)NNc1ccc(F)nc1. The Bertz CT molecular complexity index is 525. The third-order valence-electron chi connectivity index (χ3n) is 2.00. The first kappa shape index (κ1) is 11.5. The van der Waals surface area contributed by atoms with E-state index < -0.39 is 5.95 Å². The zero-order chi connectivity index (χ0) is 12.3. The van der Waals surface area contributed by atoms with Crippen molar-refractivity contribution >= 4 is 22.9 Å². The van der Waals surface area contributed by atoms with Gasteiger partial charge in [-0.25, -0.2) is 9.97 Å². The summed E-state index contributed by atoms with van der Waals surface area (Å²) < 4.78 is 12.5. The van der Waals surface area contributed by atoms with Gasteiger partial charge in [-0.15, -0.1) is 11.3 Å². The lowest BCUT2D eigenvalue weighted by atomic mass is 10.4. The molecule has 0 aromatic carbocycles. The second kappa shape index (κ2) is 4.88. The van der Waals surface area contributed by atoms with Crippen molar-refractivity contribution < 1.29 is 9.18 Å². The van der Waals surface area contributed by atoms with E-state index in [1.807, 2.05) is 0 Å². The number of aryl methyl sites for hydroxylation is 1. The molecule has 0 fully saturated rings. The topological polar surface area (TPSA) is 66.9 Å². The minimum absolute atomic E-state index is 0.283. The number of thiazole rings is 1. The number of rotatable bonds is 3. The van der Waals surface area contributed by atoms with Crippen LogP contribution in [0.2, 0.25) is 0 Å². The molecular weight excluding hydrogens is 243 g/mol. The molecule has 2 N–H and O–H groups in total. The van der Waals surface area contributed by atoms with Crippen LogP contribution in [0.4, 0.5) is 10.1 Å². The molecular formula is C10H9FN4OS. The molecule has 7 heteroatoms. The molecule has 2 rings (SSSR count). The third kappa shape index (κ3) is 2.76. The fourth-order valence-corrected chi connectivity index (χ4v) is 1.85. The maximum absolute atomic E-state index is 12.5. The Kier molecular flexibility index (Phi) is 3.29. The van der Waals surface area contributed by atoms with Gasteiger partial charge >= 0.3 is 0 Å². The Balaban J connectivity index is 1.97. The number of halogens is 1. The van der Waals surface area contributed by atoms with Crippen molar-refractivity contribution in [1.82, 2.24) is 15.4 Å². The number of pyridine rings is 1. The maximum Gasteiger partial charge on any atom is 0.281 e. The van der Waals surface area contributed by atoms with Crippen LogP contribution in [0, 0.1) is 12.9 Å². The Morgan fingerprint density at radius 2 is 2.24 bits per heavy atom. The van der Waals surface area contributed by atoms with E-state index in [0.29, 0.717) is 16.3 Å². The lowest BCUT2D eigenvalue weighted by Gasteiger charge is -2.06. The van der Waals surface area contributed by atoms with Crippen LogP contribution in [0.5, 0.6) is 0 Å². The number of anilines is 1. The Morgan fingerprint density at radius 1 is 1.41 bits per heavy atom. The van der Waals surface area contributed by atoms with Crippen molar-refractivity contribution in [3.8, 4) is 0 Å². The van der Waals surface area contributed by atoms with Gasteiger partial charge in [0.25, 0.3) is 5.91 Å². The van der Waals surface area contributed by atoms with Gasteiger partial charge in [0.2, 0.25) is 5.95 Å². The average Bonchev–Trinajstić information content (AvgIpc) is 2.74. The van der Waals surface area contributed by atoms with Crippen LogP contribution in [0.25, 0.3) is 0 Å². The van der Waals surface area contributed by atoms with E-state index in [2.05, 4.69) is 20.8 Å². The van der Waals surface area contributed by atoms with Crippen LogP contribution in [0.1, 0.15) is 15.4 Å². The summed E-state index contributed by atoms with van der Waals surface area (Å²) in [7, 11) is 0. The molecule has 0 bridgehead atoms. The highest BCUT2D eigenvalue weighted by Crippen LogP contribution is 2.11. The maximum atomic E-state index is 12.5. The minimum atomic E-state index is -0.569. The number of nitrogens with one attached hydrogen (secondary N) is 2. The highest BCUT2D eigenvalue weighted by Gasteiger charge is 2.10. The van der Waals surface area contributed by atoms with E-state index in [0.717, 1.165) is 0 Å². The Labute approximate surface area is 101 Å². The Morgan fingerprint density at radius 3 is 2.82 bits per heavy atom. The number of aromatic nitrogens is 2. The molecule has 2 heterocycles. The average molecular weight is 252 g/mol. The molecule has 0 aliphatic heterocycles. The molecule has 0 saturated carbocycles. The zero-order valence-corrected chi connectivity index (χ0v) is 9.71. The highest BCUT2D eigenvalue weighted by molar-refractivity contribution is 7.11. The fraction of sp³-hybridized carbons (Fsp3) is 0.100. The van der Waals surface area contributed by atoms with Gasteiger partial charge in [-0.05, 0) is 19.1 Å². The van der Waals surface area contributed by atoms with E-state index >= 15 is 0 Å². The number of hydrogen-bond donors (Lipinski definition) is 2. The molecule has 0 radical (unpaired) electrons. The van der Waals surface area contributed by atoms with Gasteiger partial charge in [0.1, 0.15) is 4.88 Å². The van der Waals surface area contributed by atoms with Crippen LogP contribution in [-0.2, 0) is 0 Å². The first-order valence-electron chi connectivity index (χ1n) is 4.75. The molecule has 0 atom stereocenters. The molecule has 1 amide bonds. The predicted octanol–water partition coefficient (Wildman–Crippen LogP) is 1.74. The molecule has 5 nitrogen and oxygen atoms in total. The fourth-order valence-electron chi connectivity index (χ4n) is 1.16. The summed E-state index contributed by atoms with van der Waals surface area (Å²) in [6.45, 7) is 1.75. The second-order valence-corrected chi connectivity index (χ2v) is 4.07. The minimum Gasteiger partial charge on any atom is -0.297 e. The van der Waals surface area contributed by atoms with Gasteiger partial charge in [-0.3, -0.25) is 15.6 Å². The first-order chi connectivity index (χ1) is 8.16. The predicted molar refractivity (Wildman–Crippen MR) is 62.1 cm³/mol. The van der Waals surface area contributed by atoms with Crippen molar-refractivity contribution in [2.75, 3.05) is 5.43 Å². The molecule has 17 heavy (non-hydrogen) atoms. The smallest absolute Gasteiger partial charge is 0.281 e. The van der Waals surface area contributed by atoms with E-state index in [-0.39, 0.29) is 5.91 Å². The number of carbonyl (C=O) groups excluding carboxylic acids is 1. The largest absolute Gasteiger partial charge is 0.297 e. The number of hydrogen-bond acceptors (Lipinski definition) is 5. The quantitative estimate of drug-likeness (QED) is 0.645. The van der Waals surface area contributed by atoms with Crippen molar-refractivity contribution in [2.24, 2.45) is 0 Å². The van der Waals surface area contributed by atoms with E-state index in [4.69, 9.17) is 0 Å². The van der Waals surface area contributed by atoms with Crippen LogP contribution >= 0.6 is 11.3 Å². The summed E-state index contributed by atoms with van der Waals surface area (Å²) in [5.41, 5.74) is 7.89. The van der Waals surface area contributed by atoms with Gasteiger partial charge < -0.3 is 0 Å². The van der Waals surface area contributed by atoms with Gasteiger partial charge in [0.15, 0.2) is 0 Å². The summed E-state index contributed by atoms with van der Waals surface area (Å²) in [5, 5.41) is 0. The number of amides is 1. The molecule has 0 aliphatic carbocycles. The van der Waals surface area contributed by atoms with Crippen LogP contribution in [0.3, 0.4) is 0 Å². The Hall–Kier alpha value is -2.02. The summed E-state index contributed by atoms with van der Waals surface area (Å²) in [6.07, 6.45) is 1.29. The monoisotopic (exact) mass is 252 g/mol. The van der Waals surface area contributed by atoms with Crippen molar-refractivity contribution in [2.45, 2.75) is 6.92 Å². The van der Waals surface area contributed by atoms with Crippen LogP contribution in [0.15, 0.2) is 23.8 Å². The van der Waals surface area contributed by atoms with Crippen molar-refractivity contribution in [3.63, 3.8) is 0 Å². The molecule has 0 unspecified atom stereocenters. The van der Waals surface area contributed by atoms with E-state index in [1.165, 1.54) is 29.7 Å². The highest BCUT2D eigenvalue weighted by atomic mass is 32.1. The summed E-state index contributed by atoms with van der Waals surface area (Å²) >= 11 is 1.26. The van der Waals surface area contributed by atoms with Gasteiger partial charge in [0, 0.05) is 0 Å². The second-order valence-electron chi connectivity index (χ2n) is 3.22. The molecule has 0 aliphatic rings. The van der Waals surface area contributed by atoms with Gasteiger partial charge in [0.05, 0.1) is 23.1 Å². The van der Waals surface area contributed by atoms with Gasteiger partial charge in [-0.2, -0.15) is 4.39 Å². The summed E-state index contributed by atoms with van der Waals surface area (Å²) in [6, 6.07) is 2.68. The standard InChI is InChI=1S/C10H9FN4OS/c1-6-9(17-5-13-6)10(16)15-14-7-2-3-8(11)12-4-7/h2-5,14H,1H3,(H,15,16). The first-order valence-corrected chi connectivity index (χ1v) is 5.63. The molecule has 2 aromatic heterocycles. The third-order valence-corrected chi connectivity index (χ3v) is 2.93. The van der Waals surface area contributed by atoms with E-state index in [9.17, 15) is 9.18 Å². The van der Waals surface area contributed by atoms with Crippen LogP contribution in [-0.4, -0.2) is 15.9 Å². The van der Waals surface area contributed by atoms with Crippen molar-refractivity contribution in [3.05, 3.63) is 40.4 Å². The zero-order valence-electron chi connectivity index (χ0n) is 8.90. The molecule has 0 saturated heterocycles. The lowest BCUT2D eigenvalue weighted by Crippen LogP contribution is -2.29. The normalized spacial score (nSPS) is 10.0. The van der Waals surface area contributed by atoms with E-state index in [1.54, 1.807) is 12.4 Å². The lowest BCUT2D eigenvalue weighted by molar-refractivity contribution is 0.0966. The summed E-state index contributed by atoms with van der Waals surface area (Å²) in [4.78, 5) is 19.6. The number of hydrazine groups is 1. The molecule has 88 valence electrons. The molecule has 2 aromatic rings. The van der Waals surface area contributed by atoms with Crippen molar-refractivity contribution in [1.29, 1.82) is 0 Å².